The molecule has 2 aliphatic rings. The average molecular weight is 295 g/mol. The Morgan fingerprint density at radius 3 is 2.55 bits per heavy atom. The van der Waals surface area contributed by atoms with Crippen molar-refractivity contribution >= 4 is 22.6 Å². The molecule has 2 aromatic carbocycles. The first-order valence-electron chi connectivity index (χ1n) is 7.64. The first-order chi connectivity index (χ1) is 10.6. The Hall–Kier alpha value is -2.36. The van der Waals surface area contributed by atoms with E-state index >= 15 is 0 Å². The van der Waals surface area contributed by atoms with Crippen LogP contribution in [-0.4, -0.2) is 21.9 Å². The largest absolute Gasteiger partial charge is 0.481 e. The Balaban J connectivity index is 1.54. The summed E-state index contributed by atoms with van der Waals surface area (Å²) in [4.78, 5) is 25.3. The molecule has 2 aromatic rings. The third-order valence-electron chi connectivity index (χ3n) is 5.00. The smallest absolute Gasteiger partial charge is 0.306 e. The van der Waals surface area contributed by atoms with Crippen molar-refractivity contribution in [3.05, 3.63) is 47.5 Å². The number of aliphatic carboxylic acids is 1. The van der Waals surface area contributed by atoms with Crippen molar-refractivity contribution in [3.63, 3.8) is 0 Å². The molecule has 0 saturated heterocycles. The molecule has 1 fully saturated rings. The van der Waals surface area contributed by atoms with Crippen LogP contribution in [0.4, 0.5) is 0 Å². The van der Waals surface area contributed by atoms with Crippen LogP contribution in [0.25, 0.3) is 10.8 Å². The Labute approximate surface area is 128 Å². The zero-order valence-corrected chi connectivity index (χ0v) is 12.2. The van der Waals surface area contributed by atoms with E-state index in [1.54, 1.807) is 0 Å². The van der Waals surface area contributed by atoms with E-state index in [1.165, 1.54) is 21.9 Å². The van der Waals surface area contributed by atoms with Gasteiger partial charge >= 0.3 is 5.97 Å². The fourth-order valence-corrected chi connectivity index (χ4v) is 3.60. The molecule has 1 amide bonds. The van der Waals surface area contributed by atoms with Crippen LogP contribution in [0.5, 0.6) is 0 Å². The molecule has 4 rings (SSSR count). The summed E-state index contributed by atoms with van der Waals surface area (Å²) in [5, 5.41) is 11.3. The molecule has 0 unspecified atom stereocenters. The molecule has 1 N–H and O–H groups in total. The van der Waals surface area contributed by atoms with Gasteiger partial charge in [0.25, 0.3) is 0 Å². The van der Waals surface area contributed by atoms with Crippen LogP contribution in [0, 0.1) is 11.8 Å². The molecule has 0 radical (unpaired) electrons. The van der Waals surface area contributed by atoms with Crippen LogP contribution in [0.3, 0.4) is 0 Å². The predicted molar refractivity (Wildman–Crippen MR) is 82.1 cm³/mol. The van der Waals surface area contributed by atoms with E-state index in [2.05, 4.69) is 24.3 Å². The number of amides is 1. The molecular weight excluding hydrogens is 278 g/mol. The summed E-state index contributed by atoms with van der Waals surface area (Å²) in [6, 6.07) is 12.4. The topological polar surface area (TPSA) is 57.6 Å². The van der Waals surface area contributed by atoms with E-state index in [-0.39, 0.29) is 17.7 Å². The second-order valence-corrected chi connectivity index (χ2v) is 6.32. The van der Waals surface area contributed by atoms with Crippen LogP contribution in [0.15, 0.2) is 36.4 Å². The lowest BCUT2D eigenvalue weighted by molar-refractivity contribution is -0.151. The number of hydrogen-bond acceptors (Lipinski definition) is 2. The highest BCUT2D eigenvalue weighted by Crippen LogP contribution is 2.38. The van der Waals surface area contributed by atoms with Gasteiger partial charge in [-0.05, 0) is 34.7 Å². The summed E-state index contributed by atoms with van der Waals surface area (Å²) in [5.74, 6) is -1.11. The van der Waals surface area contributed by atoms with E-state index in [4.69, 9.17) is 5.11 Å². The molecule has 1 heterocycles. The van der Waals surface area contributed by atoms with E-state index in [0.29, 0.717) is 25.9 Å². The Kier molecular flexibility index (Phi) is 2.93. The summed E-state index contributed by atoms with van der Waals surface area (Å²) >= 11 is 0. The van der Waals surface area contributed by atoms with Gasteiger partial charge in [0.05, 0.1) is 5.92 Å². The molecule has 0 bridgehead atoms. The van der Waals surface area contributed by atoms with Crippen molar-refractivity contribution in [2.24, 2.45) is 11.8 Å². The van der Waals surface area contributed by atoms with Crippen molar-refractivity contribution < 1.29 is 14.7 Å². The maximum absolute atomic E-state index is 12.5. The summed E-state index contributed by atoms with van der Waals surface area (Å²) in [6.45, 7) is 1.29. The third kappa shape index (κ3) is 1.98. The number of carbonyl (C=O) groups excluding carboxylic acids is 1. The Morgan fingerprint density at radius 2 is 1.77 bits per heavy atom. The predicted octanol–water partition coefficient (Wildman–Crippen LogP) is 2.79. The van der Waals surface area contributed by atoms with Crippen LogP contribution < -0.4 is 0 Å². The lowest BCUT2D eigenvalue weighted by Gasteiger charge is -2.33. The lowest BCUT2D eigenvalue weighted by atomic mass is 9.74. The molecule has 4 nitrogen and oxygen atoms in total. The minimum atomic E-state index is -0.778. The maximum atomic E-state index is 12.5. The van der Waals surface area contributed by atoms with Crippen LogP contribution >= 0.6 is 0 Å². The summed E-state index contributed by atoms with van der Waals surface area (Å²) < 4.78 is 0. The summed E-state index contributed by atoms with van der Waals surface area (Å²) in [6.07, 6.45) is 0.976. The molecule has 0 aromatic heterocycles. The molecule has 4 heteroatoms. The highest BCUT2D eigenvalue weighted by atomic mass is 16.4. The molecule has 112 valence electrons. The second-order valence-electron chi connectivity index (χ2n) is 6.32. The highest BCUT2D eigenvalue weighted by Gasteiger charge is 2.41. The van der Waals surface area contributed by atoms with Gasteiger partial charge in [-0.15, -0.1) is 0 Å². The van der Waals surface area contributed by atoms with E-state index in [9.17, 15) is 9.59 Å². The van der Waals surface area contributed by atoms with Gasteiger partial charge in [0.2, 0.25) is 5.91 Å². The monoisotopic (exact) mass is 295 g/mol. The van der Waals surface area contributed by atoms with E-state index in [0.717, 1.165) is 0 Å². The number of carboxylic acids is 1. The molecule has 1 aliphatic carbocycles. The fourth-order valence-electron chi connectivity index (χ4n) is 3.60. The van der Waals surface area contributed by atoms with Crippen molar-refractivity contribution in [2.45, 2.75) is 25.9 Å². The number of hydrogen-bond donors (Lipinski definition) is 1. The molecule has 0 spiro atoms. The second kappa shape index (κ2) is 4.83. The van der Waals surface area contributed by atoms with Gasteiger partial charge in [0, 0.05) is 19.0 Å². The third-order valence-corrected chi connectivity index (χ3v) is 5.00. The standard InChI is InChI=1S/C18H17NO3/c20-17(13-7-14(8-13)18(21)22)19-9-12-6-5-11-3-1-2-4-15(11)16(12)10-19/h1-6,13-14H,7-10H2,(H,21,22). The van der Waals surface area contributed by atoms with Gasteiger partial charge in [-0.2, -0.15) is 0 Å². The minimum Gasteiger partial charge on any atom is -0.481 e. The minimum absolute atomic E-state index is 0.109. The fraction of sp³-hybridized carbons (Fsp3) is 0.333. The van der Waals surface area contributed by atoms with Gasteiger partial charge in [-0.25, -0.2) is 0 Å². The number of rotatable bonds is 2. The summed E-state index contributed by atoms with van der Waals surface area (Å²) in [5.41, 5.74) is 2.45. The SMILES string of the molecule is O=C(O)C1CC(C(=O)N2Cc3ccc4ccccc4c3C2)C1. The first kappa shape index (κ1) is 13.3. The van der Waals surface area contributed by atoms with Gasteiger partial charge < -0.3 is 10.0 Å². The quantitative estimate of drug-likeness (QED) is 0.927. The van der Waals surface area contributed by atoms with Crippen LogP contribution in [0.1, 0.15) is 24.0 Å². The number of benzene rings is 2. The Bertz CT molecular complexity index is 777. The number of carbonyl (C=O) groups is 2. The number of nitrogens with zero attached hydrogens (tertiary/aromatic N) is 1. The normalized spacial score (nSPS) is 23.2. The number of fused-ring (bicyclic) bond motifs is 3. The molecule has 0 atom stereocenters. The number of carboxylic acid groups (broad SMARTS) is 1. The van der Waals surface area contributed by atoms with Gasteiger partial charge in [-0.3, -0.25) is 9.59 Å². The molecular formula is C18H17NO3. The first-order valence-corrected chi connectivity index (χ1v) is 7.64. The molecule has 1 saturated carbocycles. The van der Waals surface area contributed by atoms with Crippen LogP contribution in [-0.2, 0) is 22.7 Å². The maximum Gasteiger partial charge on any atom is 0.306 e. The summed E-state index contributed by atoms with van der Waals surface area (Å²) in [7, 11) is 0. The van der Waals surface area contributed by atoms with Gasteiger partial charge in [0.15, 0.2) is 0 Å². The zero-order chi connectivity index (χ0) is 15.3. The lowest BCUT2D eigenvalue weighted by Crippen LogP contribution is -2.41. The van der Waals surface area contributed by atoms with Crippen molar-refractivity contribution in [2.75, 3.05) is 0 Å². The zero-order valence-electron chi connectivity index (χ0n) is 12.2. The van der Waals surface area contributed by atoms with E-state index in [1.807, 2.05) is 17.0 Å². The molecule has 22 heavy (non-hydrogen) atoms. The van der Waals surface area contributed by atoms with E-state index < -0.39 is 5.97 Å². The highest BCUT2D eigenvalue weighted by molar-refractivity contribution is 5.89. The molecule has 1 aliphatic heterocycles. The van der Waals surface area contributed by atoms with Gasteiger partial charge in [-0.1, -0.05) is 36.4 Å². The van der Waals surface area contributed by atoms with Crippen molar-refractivity contribution in [1.29, 1.82) is 0 Å². The van der Waals surface area contributed by atoms with Crippen LogP contribution in [0.2, 0.25) is 0 Å². The van der Waals surface area contributed by atoms with Crippen molar-refractivity contribution in [3.8, 4) is 0 Å². The van der Waals surface area contributed by atoms with Gasteiger partial charge in [0.1, 0.15) is 0 Å². The average Bonchev–Trinajstić information content (AvgIpc) is 2.89. The Morgan fingerprint density at radius 1 is 1.00 bits per heavy atom. The van der Waals surface area contributed by atoms with Crippen molar-refractivity contribution in [1.82, 2.24) is 4.90 Å².